The van der Waals surface area contributed by atoms with Crippen LogP contribution in [0.15, 0.2) is 21.8 Å². The minimum atomic E-state index is 0. The standard InChI is InChI=1S/C7H7I.Rh/c8-7-4-5-1-2-6(7)3-5;/h1-2,4-6H,3H2;. The number of halogens is 1. The van der Waals surface area contributed by atoms with Crippen molar-refractivity contribution in [3.63, 3.8) is 0 Å². The molecule has 2 aliphatic carbocycles. The van der Waals surface area contributed by atoms with E-state index in [1.54, 1.807) is 3.58 Å². The maximum atomic E-state index is 2.43. The Bertz CT molecular complexity index is 172. The fourth-order valence-corrected chi connectivity index (χ4v) is 2.31. The molecule has 0 nitrogen and oxygen atoms in total. The summed E-state index contributed by atoms with van der Waals surface area (Å²) in [5, 5.41) is 0. The second-order valence-electron chi connectivity index (χ2n) is 2.44. The van der Waals surface area contributed by atoms with Gasteiger partial charge in [-0.2, -0.15) is 0 Å². The molecular formula is C7H7IRh. The Labute approximate surface area is 81.7 Å². The molecule has 0 saturated heterocycles. The van der Waals surface area contributed by atoms with Gasteiger partial charge in [0.15, 0.2) is 0 Å². The minimum absolute atomic E-state index is 0. The minimum Gasteiger partial charge on any atom is -0.0809 e. The van der Waals surface area contributed by atoms with Crippen molar-refractivity contribution in [2.75, 3.05) is 0 Å². The molecule has 9 heavy (non-hydrogen) atoms. The average molecular weight is 321 g/mol. The molecule has 0 aromatic rings. The maximum Gasteiger partial charge on any atom is 0.00818 e. The summed E-state index contributed by atoms with van der Waals surface area (Å²) < 4.78 is 1.55. The Hall–Kier alpha value is 0.833. The predicted octanol–water partition coefficient (Wildman–Crippen LogP) is 2.51. The Morgan fingerprint density at radius 1 is 1.44 bits per heavy atom. The number of hydrogen-bond acceptors (Lipinski definition) is 0. The van der Waals surface area contributed by atoms with Gasteiger partial charge >= 0.3 is 0 Å². The molecule has 2 heteroatoms. The van der Waals surface area contributed by atoms with E-state index in [-0.39, 0.29) is 19.5 Å². The van der Waals surface area contributed by atoms with E-state index in [4.69, 9.17) is 0 Å². The Morgan fingerprint density at radius 2 is 2.22 bits per heavy atom. The van der Waals surface area contributed by atoms with Crippen molar-refractivity contribution in [2.45, 2.75) is 6.42 Å². The van der Waals surface area contributed by atoms with Gasteiger partial charge in [0, 0.05) is 25.4 Å². The third-order valence-corrected chi connectivity index (χ3v) is 3.00. The Morgan fingerprint density at radius 3 is 2.44 bits per heavy atom. The molecule has 0 aliphatic heterocycles. The summed E-state index contributed by atoms with van der Waals surface area (Å²) in [6, 6.07) is 0. The van der Waals surface area contributed by atoms with Gasteiger partial charge in [0.25, 0.3) is 0 Å². The van der Waals surface area contributed by atoms with Crippen molar-refractivity contribution >= 4 is 22.6 Å². The van der Waals surface area contributed by atoms with Gasteiger partial charge < -0.3 is 0 Å². The summed E-state index contributed by atoms with van der Waals surface area (Å²) >= 11 is 2.43. The number of hydrogen-bond donors (Lipinski definition) is 0. The molecule has 0 amide bonds. The first-order chi connectivity index (χ1) is 3.86. The summed E-state index contributed by atoms with van der Waals surface area (Å²) in [5.74, 6) is 1.60. The molecule has 0 aromatic heterocycles. The molecule has 1 radical (unpaired) electrons. The molecule has 0 N–H and O–H groups in total. The van der Waals surface area contributed by atoms with E-state index in [9.17, 15) is 0 Å². The summed E-state index contributed by atoms with van der Waals surface area (Å²) in [5.41, 5.74) is 0. The molecule has 51 valence electrons. The largest absolute Gasteiger partial charge is 0.0809 e. The van der Waals surface area contributed by atoms with E-state index in [1.807, 2.05) is 0 Å². The van der Waals surface area contributed by atoms with Crippen molar-refractivity contribution in [1.29, 1.82) is 0 Å². The normalized spacial score (nSPS) is 36.3. The third kappa shape index (κ3) is 1.30. The van der Waals surface area contributed by atoms with Crippen LogP contribution in [-0.4, -0.2) is 0 Å². The van der Waals surface area contributed by atoms with Gasteiger partial charge in [-0.1, -0.05) is 18.2 Å². The monoisotopic (exact) mass is 321 g/mol. The van der Waals surface area contributed by atoms with Crippen molar-refractivity contribution in [1.82, 2.24) is 0 Å². The Balaban J connectivity index is 0.000000405. The van der Waals surface area contributed by atoms with Crippen LogP contribution in [0.5, 0.6) is 0 Å². The fourth-order valence-electron chi connectivity index (χ4n) is 1.38. The molecule has 2 atom stereocenters. The molecule has 0 spiro atoms. The van der Waals surface area contributed by atoms with Crippen LogP contribution >= 0.6 is 22.6 Å². The van der Waals surface area contributed by atoms with Gasteiger partial charge in [-0.05, 0) is 38.5 Å². The summed E-state index contributed by atoms with van der Waals surface area (Å²) in [7, 11) is 0. The first kappa shape index (κ1) is 7.94. The molecule has 2 unspecified atom stereocenters. The van der Waals surface area contributed by atoms with E-state index in [2.05, 4.69) is 40.8 Å². The van der Waals surface area contributed by atoms with Crippen LogP contribution in [0.3, 0.4) is 0 Å². The summed E-state index contributed by atoms with van der Waals surface area (Å²) in [6.45, 7) is 0. The molecule has 2 rings (SSSR count). The molecule has 2 bridgehead atoms. The Kier molecular flexibility index (Phi) is 2.50. The molecular weight excluding hydrogens is 314 g/mol. The van der Waals surface area contributed by atoms with E-state index in [0.717, 1.165) is 11.8 Å². The number of fused-ring (bicyclic) bond motifs is 2. The quantitative estimate of drug-likeness (QED) is 0.365. The van der Waals surface area contributed by atoms with Gasteiger partial charge in [0.2, 0.25) is 0 Å². The molecule has 0 saturated carbocycles. The van der Waals surface area contributed by atoms with Crippen LogP contribution in [-0.2, 0) is 19.5 Å². The first-order valence-corrected chi connectivity index (χ1v) is 3.99. The van der Waals surface area contributed by atoms with Crippen molar-refractivity contribution in [2.24, 2.45) is 11.8 Å². The van der Waals surface area contributed by atoms with Crippen molar-refractivity contribution in [3.05, 3.63) is 21.8 Å². The van der Waals surface area contributed by atoms with E-state index in [1.165, 1.54) is 6.42 Å². The van der Waals surface area contributed by atoms with E-state index in [0.29, 0.717) is 0 Å². The number of allylic oxidation sites excluding steroid dienone is 4. The first-order valence-electron chi connectivity index (χ1n) is 2.92. The zero-order valence-corrected chi connectivity index (χ0v) is 8.60. The van der Waals surface area contributed by atoms with Gasteiger partial charge in [0.1, 0.15) is 0 Å². The van der Waals surface area contributed by atoms with Crippen LogP contribution < -0.4 is 0 Å². The molecule has 2 aliphatic rings. The topological polar surface area (TPSA) is 0 Å². The van der Waals surface area contributed by atoms with Gasteiger partial charge in [-0.3, -0.25) is 0 Å². The maximum absolute atomic E-state index is 2.43. The zero-order chi connectivity index (χ0) is 5.56. The summed E-state index contributed by atoms with van der Waals surface area (Å²) in [6.07, 6.45) is 8.36. The van der Waals surface area contributed by atoms with Crippen LogP contribution in [0.25, 0.3) is 0 Å². The predicted molar refractivity (Wildman–Crippen MR) is 42.8 cm³/mol. The van der Waals surface area contributed by atoms with Gasteiger partial charge in [-0.25, -0.2) is 0 Å². The SMILES string of the molecule is IC1=CC2C=CC1C2.[Rh]. The molecule has 0 fully saturated rings. The number of rotatable bonds is 0. The van der Waals surface area contributed by atoms with Gasteiger partial charge in [0.05, 0.1) is 0 Å². The van der Waals surface area contributed by atoms with Crippen LogP contribution in [0, 0.1) is 11.8 Å². The second kappa shape index (κ2) is 2.83. The van der Waals surface area contributed by atoms with E-state index >= 15 is 0 Å². The van der Waals surface area contributed by atoms with E-state index < -0.39 is 0 Å². The summed E-state index contributed by atoms with van der Waals surface area (Å²) in [4.78, 5) is 0. The van der Waals surface area contributed by atoms with Crippen LogP contribution in [0.2, 0.25) is 0 Å². The van der Waals surface area contributed by atoms with Crippen molar-refractivity contribution in [3.8, 4) is 0 Å². The average Bonchev–Trinajstić information content (AvgIpc) is 2.23. The van der Waals surface area contributed by atoms with Crippen molar-refractivity contribution < 1.29 is 19.5 Å². The smallest absolute Gasteiger partial charge is 0.00818 e. The van der Waals surface area contributed by atoms with Crippen LogP contribution in [0.4, 0.5) is 0 Å². The van der Waals surface area contributed by atoms with Crippen LogP contribution in [0.1, 0.15) is 6.42 Å². The molecule has 0 aromatic carbocycles. The van der Waals surface area contributed by atoms with Gasteiger partial charge in [-0.15, -0.1) is 0 Å². The zero-order valence-electron chi connectivity index (χ0n) is 4.81. The fraction of sp³-hybridized carbons (Fsp3) is 0.429. The molecule has 0 heterocycles. The second-order valence-corrected chi connectivity index (χ2v) is 3.69. The third-order valence-electron chi connectivity index (χ3n) is 1.84.